The zero-order chi connectivity index (χ0) is 17.6. The van der Waals surface area contributed by atoms with Gasteiger partial charge in [0.05, 0.1) is 14.2 Å². The number of rotatable bonds is 6. The summed E-state index contributed by atoms with van der Waals surface area (Å²) >= 11 is 0. The van der Waals surface area contributed by atoms with Gasteiger partial charge in [-0.15, -0.1) is 0 Å². The van der Waals surface area contributed by atoms with Gasteiger partial charge in [-0.05, 0) is 36.1 Å². The largest absolute Gasteiger partial charge is 0.497 e. The molecule has 0 spiro atoms. The number of ketones is 1. The Morgan fingerprint density at radius 3 is 2.68 bits per heavy atom. The van der Waals surface area contributed by atoms with Crippen molar-refractivity contribution in [3.8, 4) is 11.5 Å². The molecule has 0 amide bonds. The lowest BCUT2D eigenvalue weighted by atomic mass is 9.85. The Hall–Kier alpha value is -2.75. The zero-order valence-corrected chi connectivity index (χ0v) is 14.6. The molecule has 0 radical (unpaired) electrons. The van der Waals surface area contributed by atoms with Gasteiger partial charge in [0.2, 0.25) is 0 Å². The average molecular weight is 337 g/mol. The van der Waals surface area contributed by atoms with Crippen LogP contribution in [-0.2, 0) is 11.3 Å². The number of hydrogen-bond donors (Lipinski definition) is 1. The first-order valence-corrected chi connectivity index (χ1v) is 8.42. The molecule has 0 bridgehead atoms. The van der Waals surface area contributed by atoms with E-state index in [0.29, 0.717) is 13.0 Å². The molecule has 0 saturated heterocycles. The third-order valence-corrected chi connectivity index (χ3v) is 4.51. The minimum Gasteiger partial charge on any atom is -0.497 e. The molecule has 25 heavy (non-hydrogen) atoms. The summed E-state index contributed by atoms with van der Waals surface area (Å²) in [5.74, 6) is 2.00. The third-order valence-electron chi connectivity index (χ3n) is 4.51. The second-order valence-corrected chi connectivity index (χ2v) is 6.18. The van der Waals surface area contributed by atoms with Gasteiger partial charge < -0.3 is 14.8 Å². The number of ether oxygens (including phenoxy) is 2. The van der Waals surface area contributed by atoms with Crippen molar-refractivity contribution in [2.45, 2.75) is 25.3 Å². The molecule has 1 atom stereocenters. The van der Waals surface area contributed by atoms with Crippen LogP contribution in [0.25, 0.3) is 0 Å². The molecule has 4 nitrogen and oxygen atoms in total. The minimum absolute atomic E-state index is 0.154. The molecule has 1 aliphatic carbocycles. The van der Waals surface area contributed by atoms with E-state index in [1.165, 1.54) is 0 Å². The van der Waals surface area contributed by atoms with Crippen LogP contribution in [0.3, 0.4) is 0 Å². The number of nitrogens with one attached hydrogen (secondary N) is 1. The van der Waals surface area contributed by atoms with Crippen molar-refractivity contribution in [3.63, 3.8) is 0 Å². The Labute approximate surface area is 148 Å². The predicted molar refractivity (Wildman–Crippen MR) is 97.9 cm³/mol. The van der Waals surface area contributed by atoms with Crippen molar-refractivity contribution in [1.82, 2.24) is 5.32 Å². The fourth-order valence-corrected chi connectivity index (χ4v) is 3.20. The van der Waals surface area contributed by atoms with Crippen LogP contribution >= 0.6 is 0 Å². The lowest BCUT2D eigenvalue weighted by Crippen LogP contribution is -2.22. The summed E-state index contributed by atoms with van der Waals surface area (Å²) < 4.78 is 10.7. The maximum Gasteiger partial charge on any atom is 0.158 e. The SMILES string of the molecule is COc1cccc([C@H]2CC(=O)C=C(NCc3ccccc3OC)C2)c1. The fourth-order valence-electron chi connectivity index (χ4n) is 3.20. The van der Waals surface area contributed by atoms with E-state index < -0.39 is 0 Å². The number of para-hydroxylation sites is 1. The lowest BCUT2D eigenvalue weighted by Gasteiger charge is -2.24. The van der Waals surface area contributed by atoms with Crippen LogP contribution in [0, 0.1) is 0 Å². The van der Waals surface area contributed by atoms with E-state index in [2.05, 4.69) is 11.4 Å². The van der Waals surface area contributed by atoms with Gasteiger partial charge in [-0.3, -0.25) is 4.79 Å². The highest BCUT2D eigenvalue weighted by molar-refractivity contribution is 5.92. The molecule has 0 fully saturated rings. The van der Waals surface area contributed by atoms with E-state index in [-0.39, 0.29) is 11.7 Å². The van der Waals surface area contributed by atoms with Crippen molar-refractivity contribution in [2.24, 2.45) is 0 Å². The number of benzene rings is 2. The maximum absolute atomic E-state index is 12.2. The highest BCUT2D eigenvalue weighted by atomic mass is 16.5. The number of methoxy groups -OCH3 is 2. The molecule has 3 rings (SSSR count). The summed E-state index contributed by atoms with van der Waals surface area (Å²) in [5.41, 5.74) is 3.18. The Kier molecular flexibility index (Phi) is 5.39. The fraction of sp³-hybridized carbons (Fsp3) is 0.286. The topological polar surface area (TPSA) is 47.6 Å². The zero-order valence-electron chi connectivity index (χ0n) is 14.6. The van der Waals surface area contributed by atoms with Crippen LogP contribution in [0.15, 0.2) is 60.3 Å². The maximum atomic E-state index is 12.2. The smallest absolute Gasteiger partial charge is 0.158 e. The number of hydrogen-bond acceptors (Lipinski definition) is 4. The van der Waals surface area contributed by atoms with E-state index in [1.807, 2.05) is 42.5 Å². The molecule has 0 unspecified atom stereocenters. The average Bonchev–Trinajstić information content (AvgIpc) is 2.66. The quantitative estimate of drug-likeness (QED) is 0.870. The van der Waals surface area contributed by atoms with Crippen LogP contribution in [0.2, 0.25) is 0 Å². The first-order chi connectivity index (χ1) is 12.2. The Balaban J connectivity index is 1.71. The van der Waals surface area contributed by atoms with Gasteiger partial charge in [-0.2, -0.15) is 0 Å². The Morgan fingerprint density at radius 2 is 1.88 bits per heavy atom. The monoisotopic (exact) mass is 337 g/mol. The molecule has 2 aromatic rings. The van der Waals surface area contributed by atoms with Gasteiger partial charge in [0.1, 0.15) is 11.5 Å². The van der Waals surface area contributed by atoms with Gasteiger partial charge in [0, 0.05) is 30.3 Å². The van der Waals surface area contributed by atoms with Crippen molar-refractivity contribution in [1.29, 1.82) is 0 Å². The third kappa shape index (κ3) is 4.21. The Bertz CT molecular complexity index is 782. The van der Waals surface area contributed by atoms with Crippen LogP contribution in [-0.4, -0.2) is 20.0 Å². The molecule has 0 aliphatic heterocycles. The Morgan fingerprint density at radius 1 is 1.04 bits per heavy atom. The molecule has 0 saturated carbocycles. The van der Waals surface area contributed by atoms with Crippen molar-refractivity contribution < 1.29 is 14.3 Å². The van der Waals surface area contributed by atoms with Crippen molar-refractivity contribution in [3.05, 3.63) is 71.4 Å². The van der Waals surface area contributed by atoms with Gasteiger partial charge >= 0.3 is 0 Å². The standard InChI is InChI=1S/C21H23NO3/c1-24-20-8-5-7-15(12-20)17-10-18(13-19(23)11-17)22-14-16-6-3-4-9-21(16)25-2/h3-9,12-13,17,22H,10-11,14H2,1-2H3/t17-/m1/s1. The summed E-state index contributed by atoms with van der Waals surface area (Å²) in [6.45, 7) is 0.633. The van der Waals surface area contributed by atoms with Crippen LogP contribution in [0.1, 0.15) is 29.9 Å². The van der Waals surface area contributed by atoms with E-state index in [9.17, 15) is 4.79 Å². The van der Waals surface area contributed by atoms with Crippen LogP contribution in [0.4, 0.5) is 0 Å². The van der Waals surface area contributed by atoms with Crippen LogP contribution < -0.4 is 14.8 Å². The summed E-state index contributed by atoms with van der Waals surface area (Å²) in [6.07, 6.45) is 3.08. The summed E-state index contributed by atoms with van der Waals surface area (Å²) in [6, 6.07) is 15.9. The molecular weight excluding hydrogens is 314 g/mol. The minimum atomic E-state index is 0.154. The molecule has 0 heterocycles. The van der Waals surface area contributed by atoms with Crippen molar-refractivity contribution in [2.75, 3.05) is 14.2 Å². The number of carbonyl (C=O) groups is 1. The first-order valence-electron chi connectivity index (χ1n) is 8.42. The molecule has 2 aromatic carbocycles. The normalized spacial score (nSPS) is 17.0. The van der Waals surface area contributed by atoms with Gasteiger partial charge in [-0.1, -0.05) is 30.3 Å². The van der Waals surface area contributed by atoms with Crippen LogP contribution in [0.5, 0.6) is 11.5 Å². The highest BCUT2D eigenvalue weighted by Crippen LogP contribution is 2.32. The number of allylic oxidation sites excluding steroid dienone is 2. The van der Waals surface area contributed by atoms with Gasteiger partial charge in [0.25, 0.3) is 0 Å². The first kappa shape index (κ1) is 17.1. The summed E-state index contributed by atoms with van der Waals surface area (Å²) in [7, 11) is 3.33. The molecule has 0 aromatic heterocycles. The molecule has 1 N–H and O–H groups in total. The van der Waals surface area contributed by atoms with Crippen molar-refractivity contribution >= 4 is 5.78 Å². The lowest BCUT2D eigenvalue weighted by molar-refractivity contribution is -0.115. The van der Waals surface area contributed by atoms with E-state index in [4.69, 9.17) is 9.47 Å². The highest BCUT2D eigenvalue weighted by Gasteiger charge is 2.22. The molecular formula is C21H23NO3. The molecule has 4 heteroatoms. The van der Waals surface area contributed by atoms with E-state index in [1.54, 1.807) is 20.3 Å². The van der Waals surface area contributed by atoms with E-state index >= 15 is 0 Å². The number of carbonyl (C=O) groups excluding carboxylic acids is 1. The second-order valence-electron chi connectivity index (χ2n) is 6.18. The summed E-state index contributed by atoms with van der Waals surface area (Å²) in [5, 5.41) is 3.40. The van der Waals surface area contributed by atoms with E-state index in [0.717, 1.165) is 34.7 Å². The van der Waals surface area contributed by atoms with Gasteiger partial charge in [-0.25, -0.2) is 0 Å². The second kappa shape index (κ2) is 7.88. The molecule has 130 valence electrons. The summed E-state index contributed by atoms with van der Waals surface area (Å²) in [4.78, 5) is 12.2. The van der Waals surface area contributed by atoms with Gasteiger partial charge in [0.15, 0.2) is 5.78 Å². The predicted octanol–water partition coefficient (Wildman–Crippen LogP) is 3.82. The molecule has 1 aliphatic rings.